The van der Waals surface area contributed by atoms with Gasteiger partial charge in [0.15, 0.2) is 0 Å². The van der Waals surface area contributed by atoms with Gasteiger partial charge in [-0.1, -0.05) is 0 Å². The third-order valence-electron chi connectivity index (χ3n) is 4.96. The van der Waals surface area contributed by atoms with E-state index in [9.17, 15) is 23.1 Å². The van der Waals surface area contributed by atoms with Crippen LogP contribution in [0.5, 0.6) is 0 Å². The van der Waals surface area contributed by atoms with Crippen LogP contribution in [0.1, 0.15) is 38.5 Å². The maximum Gasteiger partial charge on any atom is 0.405 e. The predicted octanol–water partition coefficient (Wildman–Crippen LogP) is 2.00. The summed E-state index contributed by atoms with van der Waals surface area (Å²) < 4.78 is 36.6. The van der Waals surface area contributed by atoms with E-state index in [-0.39, 0.29) is 0 Å². The van der Waals surface area contributed by atoms with Crippen molar-refractivity contribution in [2.24, 2.45) is 17.3 Å². The second-order valence-corrected chi connectivity index (χ2v) is 6.76. The summed E-state index contributed by atoms with van der Waals surface area (Å²) in [4.78, 5) is 12.2. The maximum absolute atomic E-state index is 12.2. The second kappa shape index (κ2) is 3.87. The van der Waals surface area contributed by atoms with Crippen LogP contribution in [0.4, 0.5) is 13.2 Å². The van der Waals surface area contributed by atoms with E-state index in [0.717, 1.165) is 6.42 Å². The first-order chi connectivity index (χ1) is 8.70. The average Bonchev–Trinajstić information content (AvgIpc) is 2.21. The zero-order valence-electron chi connectivity index (χ0n) is 10.6. The maximum atomic E-state index is 12.2. The van der Waals surface area contributed by atoms with Crippen molar-refractivity contribution in [3.63, 3.8) is 0 Å². The molecule has 0 aromatic heterocycles. The third-order valence-corrected chi connectivity index (χ3v) is 4.96. The first kappa shape index (κ1) is 13.2. The highest BCUT2D eigenvalue weighted by Crippen LogP contribution is 2.61. The van der Waals surface area contributed by atoms with Gasteiger partial charge < -0.3 is 10.4 Å². The Balaban J connectivity index is 1.74. The molecular formula is C13H18F3NO2. The standard InChI is InChI=1S/C13H18F3NO2/c14-13(15,16)7-17-10(18)11-2-8-1-9(3-11)5-12(19,4-8)6-11/h8-9,19H,1-7H2,(H,17,18)/t8-,9-,11?,12?/m1/s1. The summed E-state index contributed by atoms with van der Waals surface area (Å²) in [6.45, 7) is -1.28. The molecule has 2 atom stereocenters. The number of nitrogens with one attached hydrogen (secondary N) is 1. The molecule has 0 aliphatic heterocycles. The summed E-state index contributed by atoms with van der Waals surface area (Å²) in [7, 11) is 0. The Bertz CT molecular complexity index is 393. The molecule has 4 aliphatic rings. The van der Waals surface area contributed by atoms with Crippen LogP contribution in [0.3, 0.4) is 0 Å². The highest BCUT2D eigenvalue weighted by molar-refractivity contribution is 5.83. The molecule has 0 heterocycles. The van der Waals surface area contributed by atoms with Gasteiger partial charge in [0.2, 0.25) is 5.91 Å². The van der Waals surface area contributed by atoms with Crippen molar-refractivity contribution in [3.8, 4) is 0 Å². The van der Waals surface area contributed by atoms with Crippen molar-refractivity contribution in [2.45, 2.75) is 50.3 Å². The number of hydrogen-bond donors (Lipinski definition) is 2. The molecule has 4 fully saturated rings. The average molecular weight is 277 g/mol. The van der Waals surface area contributed by atoms with Crippen molar-refractivity contribution in [1.82, 2.24) is 5.32 Å². The summed E-state index contributed by atoms with van der Waals surface area (Å²) in [5, 5.41) is 12.5. The lowest BCUT2D eigenvalue weighted by atomic mass is 9.47. The topological polar surface area (TPSA) is 49.3 Å². The van der Waals surface area contributed by atoms with E-state index in [0.29, 0.717) is 43.9 Å². The molecule has 0 saturated heterocycles. The van der Waals surface area contributed by atoms with Crippen molar-refractivity contribution in [2.75, 3.05) is 6.54 Å². The Morgan fingerprint density at radius 3 is 2.26 bits per heavy atom. The number of aliphatic hydroxyl groups is 1. The Hall–Kier alpha value is -0.780. The number of alkyl halides is 3. The largest absolute Gasteiger partial charge is 0.405 e. The molecule has 0 aromatic rings. The minimum Gasteiger partial charge on any atom is -0.390 e. The molecular weight excluding hydrogens is 259 g/mol. The smallest absolute Gasteiger partial charge is 0.390 e. The Morgan fingerprint density at radius 1 is 1.21 bits per heavy atom. The number of carbonyl (C=O) groups excluding carboxylic acids is 1. The van der Waals surface area contributed by atoms with Gasteiger partial charge in [-0.15, -0.1) is 0 Å². The van der Waals surface area contributed by atoms with Gasteiger partial charge >= 0.3 is 6.18 Å². The van der Waals surface area contributed by atoms with Gasteiger partial charge in [-0.3, -0.25) is 4.79 Å². The minimum atomic E-state index is -4.38. The van der Waals surface area contributed by atoms with Crippen molar-refractivity contribution in [3.05, 3.63) is 0 Å². The van der Waals surface area contributed by atoms with Crippen LogP contribution in [-0.2, 0) is 4.79 Å². The predicted molar refractivity (Wildman–Crippen MR) is 61.1 cm³/mol. The molecule has 2 N–H and O–H groups in total. The summed E-state index contributed by atoms with van der Waals surface area (Å²) in [5.41, 5.74) is -1.58. The van der Waals surface area contributed by atoms with Crippen molar-refractivity contribution in [1.29, 1.82) is 0 Å². The van der Waals surface area contributed by atoms with Crippen LogP contribution in [0, 0.1) is 17.3 Å². The number of rotatable bonds is 2. The van der Waals surface area contributed by atoms with Gasteiger partial charge in [-0.2, -0.15) is 13.2 Å². The van der Waals surface area contributed by atoms with E-state index in [2.05, 4.69) is 0 Å². The SMILES string of the molecule is O=C(NCC(F)(F)F)C12C[C@H]3C[C@@H](CC(O)(C3)C1)C2. The first-order valence-electron chi connectivity index (χ1n) is 6.77. The van der Waals surface area contributed by atoms with Gasteiger partial charge in [0.05, 0.1) is 11.0 Å². The van der Waals surface area contributed by atoms with E-state index >= 15 is 0 Å². The molecule has 6 heteroatoms. The fourth-order valence-corrected chi connectivity index (χ4v) is 4.85. The van der Waals surface area contributed by atoms with E-state index < -0.39 is 29.6 Å². The third kappa shape index (κ3) is 2.35. The molecule has 0 unspecified atom stereocenters. The number of amides is 1. The Kier molecular flexibility index (Phi) is 2.69. The van der Waals surface area contributed by atoms with Gasteiger partial charge in [-0.05, 0) is 50.4 Å². The molecule has 0 spiro atoms. The first-order valence-corrected chi connectivity index (χ1v) is 6.77. The highest BCUT2D eigenvalue weighted by atomic mass is 19.4. The lowest BCUT2D eigenvalue weighted by molar-refractivity contribution is -0.181. The van der Waals surface area contributed by atoms with E-state index in [1.54, 1.807) is 0 Å². The van der Waals surface area contributed by atoms with Crippen LogP contribution in [-0.4, -0.2) is 29.3 Å². The fraction of sp³-hybridized carbons (Fsp3) is 0.923. The zero-order valence-corrected chi connectivity index (χ0v) is 10.6. The van der Waals surface area contributed by atoms with Gasteiger partial charge in [0.25, 0.3) is 0 Å². The van der Waals surface area contributed by atoms with E-state index in [1.165, 1.54) is 0 Å². The summed E-state index contributed by atoms with van der Waals surface area (Å²) >= 11 is 0. The van der Waals surface area contributed by atoms with Gasteiger partial charge in [0, 0.05) is 0 Å². The second-order valence-electron chi connectivity index (χ2n) is 6.76. The monoisotopic (exact) mass is 277 g/mol. The quantitative estimate of drug-likeness (QED) is 0.811. The molecule has 19 heavy (non-hydrogen) atoms. The molecule has 4 aliphatic carbocycles. The fourth-order valence-electron chi connectivity index (χ4n) is 4.85. The Morgan fingerprint density at radius 2 is 1.79 bits per heavy atom. The lowest BCUT2D eigenvalue weighted by Gasteiger charge is -2.59. The molecule has 1 amide bonds. The van der Waals surface area contributed by atoms with Crippen LogP contribution in [0.15, 0.2) is 0 Å². The number of carbonyl (C=O) groups is 1. The minimum absolute atomic E-state index is 0.294. The van der Waals surface area contributed by atoms with Crippen LogP contribution >= 0.6 is 0 Å². The highest BCUT2D eigenvalue weighted by Gasteiger charge is 2.60. The molecule has 0 aromatic carbocycles. The molecule has 4 rings (SSSR count). The van der Waals surface area contributed by atoms with E-state index in [4.69, 9.17) is 0 Å². The molecule has 108 valence electrons. The van der Waals surface area contributed by atoms with E-state index in [1.807, 2.05) is 5.32 Å². The lowest BCUT2D eigenvalue weighted by Crippen LogP contribution is -2.60. The molecule has 4 bridgehead atoms. The summed E-state index contributed by atoms with van der Waals surface area (Å²) in [6, 6.07) is 0. The molecule has 0 radical (unpaired) electrons. The normalized spacial score (nSPS) is 44.4. The van der Waals surface area contributed by atoms with Crippen molar-refractivity contribution >= 4 is 5.91 Å². The van der Waals surface area contributed by atoms with Crippen LogP contribution in [0.25, 0.3) is 0 Å². The summed E-state index contributed by atoms with van der Waals surface area (Å²) in [6.07, 6.45) is -0.358. The number of hydrogen-bond acceptors (Lipinski definition) is 2. The van der Waals surface area contributed by atoms with Crippen LogP contribution in [0.2, 0.25) is 0 Å². The summed E-state index contributed by atoms with van der Waals surface area (Å²) in [5.74, 6) is 0.0723. The van der Waals surface area contributed by atoms with Gasteiger partial charge in [0.1, 0.15) is 6.54 Å². The van der Waals surface area contributed by atoms with Crippen LogP contribution < -0.4 is 5.32 Å². The molecule has 3 nitrogen and oxygen atoms in total. The number of halogens is 3. The molecule has 4 saturated carbocycles. The van der Waals surface area contributed by atoms with Gasteiger partial charge in [-0.25, -0.2) is 0 Å². The van der Waals surface area contributed by atoms with Crippen molar-refractivity contribution < 1.29 is 23.1 Å². The Labute approximate surface area is 109 Å². The zero-order chi connectivity index (χ0) is 13.9.